The Balaban J connectivity index is 2.28. The van der Waals surface area contributed by atoms with Gasteiger partial charge >= 0.3 is 5.97 Å². The van der Waals surface area contributed by atoms with Crippen LogP contribution in [0.3, 0.4) is 0 Å². The van der Waals surface area contributed by atoms with E-state index in [1.54, 1.807) is 0 Å². The molecule has 0 bridgehead atoms. The Labute approximate surface area is 111 Å². The van der Waals surface area contributed by atoms with Crippen molar-refractivity contribution in [2.45, 2.75) is 25.2 Å². The molecule has 2 atom stereocenters. The number of carboxylic acids is 1. The summed E-state index contributed by atoms with van der Waals surface area (Å²) in [5.41, 5.74) is 0.968. The number of aliphatic hydroxyl groups excluding tert-OH is 1. The first-order chi connectivity index (χ1) is 9.13. The molecule has 0 saturated heterocycles. The summed E-state index contributed by atoms with van der Waals surface area (Å²) < 4.78 is 5.28. The third kappa shape index (κ3) is 5.98. The van der Waals surface area contributed by atoms with Gasteiger partial charge in [0.2, 0.25) is 6.41 Å². The number of aliphatic carboxylic acids is 1. The van der Waals surface area contributed by atoms with E-state index >= 15 is 0 Å². The van der Waals surface area contributed by atoms with E-state index < -0.39 is 18.1 Å². The monoisotopic (exact) mass is 267 g/mol. The van der Waals surface area contributed by atoms with E-state index in [4.69, 9.17) is 9.84 Å². The van der Waals surface area contributed by atoms with Gasteiger partial charge in [0.1, 0.15) is 6.04 Å². The maximum absolute atomic E-state index is 10.7. The predicted molar refractivity (Wildman–Crippen MR) is 67.3 cm³/mol. The van der Waals surface area contributed by atoms with Gasteiger partial charge in [-0.15, -0.1) is 0 Å². The molecular weight excluding hydrogens is 250 g/mol. The van der Waals surface area contributed by atoms with Gasteiger partial charge in [0.15, 0.2) is 0 Å². The van der Waals surface area contributed by atoms with Crippen molar-refractivity contribution >= 4 is 12.4 Å². The largest absolute Gasteiger partial charge is 0.480 e. The Bertz CT molecular complexity index is 395. The first-order valence-electron chi connectivity index (χ1n) is 5.85. The molecule has 1 rings (SSSR count). The van der Waals surface area contributed by atoms with E-state index in [0.717, 1.165) is 5.56 Å². The summed E-state index contributed by atoms with van der Waals surface area (Å²) >= 11 is 0. The van der Waals surface area contributed by atoms with E-state index in [1.807, 2.05) is 30.3 Å². The van der Waals surface area contributed by atoms with Crippen molar-refractivity contribution in [3.63, 3.8) is 0 Å². The van der Waals surface area contributed by atoms with Crippen molar-refractivity contribution in [2.24, 2.45) is 0 Å². The van der Waals surface area contributed by atoms with Gasteiger partial charge in [-0.1, -0.05) is 30.3 Å². The van der Waals surface area contributed by atoms with Gasteiger partial charge in [-0.3, -0.25) is 4.79 Å². The number of nitrogens with one attached hydrogen (secondary N) is 1. The van der Waals surface area contributed by atoms with Crippen LogP contribution in [0.2, 0.25) is 0 Å². The zero-order valence-electron chi connectivity index (χ0n) is 10.4. The minimum absolute atomic E-state index is 0.0131. The van der Waals surface area contributed by atoms with Crippen molar-refractivity contribution in [3.8, 4) is 0 Å². The summed E-state index contributed by atoms with van der Waals surface area (Å²) in [5, 5.41) is 20.5. The summed E-state index contributed by atoms with van der Waals surface area (Å²) in [6, 6.07) is 8.32. The fourth-order valence-electron chi connectivity index (χ4n) is 1.55. The van der Waals surface area contributed by atoms with Crippen LogP contribution in [-0.4, -0.2) is 41.3 Å². The molecule has 3 N–H and O–H groups in total. The maximum atomic E-state index is 10.7. The Morgan fingerprint density at radius 1 is 1.37 bits per heavy atom. The second kappa shape index (κ2) is 8.23. The number of ether oxygens (including phenoxy) is 1. The van der Waals surface area contributed by atoms with Crippen LogP contribution >= 0.6 is 0 Å². The van der Waals surface area contributed by atoms with Crippen LogP contribution in [0, 0.1) is 0 Å². The van der Waals surface area contributed by atoms with E-state index in [-0.39, 0.29) is 13.0 Å². The number of benzene rings is 1. The molecule has 0 spiro atoms. The number of carbonyl (C=O) groups is 2. The van der Waals surface area contributed by atoms with E-state index in [1.165, 1.54) is 0 Å². The van der Waals surface area contributed by atoms with Gasteiger partial charge < -0.3 is 20.3 Å². The number of carbonyl (C=O) groups excluding carboxylic acids is 1. The number of hydrogen-bond donors (Lipinski definition) is 3. The third-order valence-electron chi connectivity index (χ3n) is 2.50. The summed E-state index contributed by atoms with van der Waals surface area (Å²) in [7, 11) is 0. The lowest BCUT2D eigenvalue weighted by molar-refractivity contribution is -0.141. The Kier molecular flexibility index (Phi) is 6.56. The van der Waals surface area contributed by atoms with Crippen LogP contribution in [0.1, 0.15) is 12.0 Å². The minimum atomic E-state index is -1.19. The van der Waals surface area contributed by atoms with Gasteiger partial charge in [-0.2, -0.15) is 0 Å². The zero-order chi connectivity index (χ0) is 14.1. The summed E-state index contributed by atoms with van der Waals surface area (Å²) in [6.45, 7) is 0.357. The smallest absolute Gasteiger partial charge is 0.326 e. The molecule has 0 radical (unpaired) electrons. The number of amides is 1. The Morgan fingerprint density at radius 3 is 2.63 bits per heavy atom. The number of carboxylic acid groups (broad SMARTS) is 1. The van der Waals surface area contributed by atoms with Crippen LogP contribution < -0.4 is 5.32 Å². The molecule has 2 unspecified atom stereocenters. The predicted octanol–water partition coefficient (Wildman–Crippen LogP) is 0.153. The molecular formula is C13H17NO5. The molecule has 0 aromatic heterocycles. The number of rotatable bonds is 9. The molecule has 0 saturated carbocycles. The van der Waals surface area contributed by atoms with Gasteiger partial charge in [-0.05, 0) is 5.56 Å². The van der Waals surface area contributed by atoms with Crippen molar-refractivity contribution < 1.29 is 24.5 Å². The molecule has 0 fully saturated rings. The van der Waals surface area contributed by atoms with Crippen molar-refractivity contribution in [1.82, 2.24) is 5.32 Å². The lowest BCUT2D eigenvalue weighted by atomic mass is 10.1. The normalized spacial score (nSPS) is 13.5. The van der Waals surface area contributed by atoms with Crippen LogP contribution in [0.25, 0.3) is 0 Å². The molecule has 6 nitrogen and oxygen atoms in total. The summed E-state index contributed by atoms with van der Waals surface area (Å²) in [5.74, 6) is -1.19. The van der Waals surface area contributed by atoms with Crippen molar-refractivity contribution in [2.75, 3.05) is 6.61 Å². The van der Waals surface area contributed by atoms with Crippen LogP contribution in [0.15, 0.2) is 30.3 Å². The summed E-state index contributed by atoms with van der Waals surface area (Å²) in [6.07, 6.45) is -0.739. The molecule has 19 heavy (non-hydrogen) atoms. The van der Waals surface area contributed by atoms with Crippen LogP contribution in [0.4, 0.5) is 0 Å². The number of aliphatic hydroxyl groups is 1. The minimum Gasteiger partial charge on any atom is -0.480 e. The highest BCUT2D eigenvalue weighted by atomic mass is 16.5. The molecule has 0 aliphatic carbocycles. The SMILES string of the molecule is O=CNC(CC(O)COCc1ccccc1)C(=O)O. The Hall–Kier alpha value is -1.92. The van der Waals surface area contributed by atoms with E-state index in [2.05, 4.69) is 5.32 Å². The standard InChI is InChI=1S/C13H17NO5/c15-9-14-12(13(17)18)6-11(16)8-19-7-10-4-2-1-3-5-10/h1-5,9,11-12,16H,6-8H2,(H,14,15)(H,17,18). The average molecular weight is 267 g/mol. The number of hydrogen-bond acceptors (Lipinski definition) is 4. The van der Waals surface area contributed by atoms with E-state index in [0.29, 0.717) is 13.0 Å². The Morgan fingerprint density at radius 2 is 2.05 bits per heavy atom. The fourth-order valence-corrected chi connectivity index (χ4v) is 1.55. The van der Waals surface area contributed by atoms with Crippen molar-refractivity contribution in [1.29, 1.82) is 0 Å². The first-order valence-corrected chi connectivity index (χ1v) is 5.85. The van der Waals surface area contributed by atoms with Gasteiger partial charge in [0, 0.05) is 6.42 Å². The van der Waals surface area contributed by atoms with Crippen LogP contribution in [0.5, 0.6) is 0 Å². The van der Waals surface area contributed by atoms with E-state index in [9.17, 15) is 14.7 Å². The average Bonchev–Trinajstić information content (AvgIpc) is 2.39. The first kappa shape index (κ1) is 15.1. The highest BCUT2D eigenvalue weighted by Crippen LogP contribution is 2.04. The second-order valence-corrected chi connectivity index (χ2v) is 4.07. The van der Waals surface area contributed by atoms with Gasteiger partial charge in [0.25, 0.3) is 0 Å². The lowest BCUT2D eigenvalue weighted by Crippen LogP contribution is -2.39. The second-order valence-electron chi connectivity index (χ2n) is 4.07. The highest BCUT2D eigenvalue weighted by Gasteiger charge is 2.20. The van der Waals surface area contributed by atoms with Gasteiger partial charge in [-0.25, -0.2) is 4.79 Å². The molecule has 0 heterocycles. The van der Waals surface area contributed by atoms with Crippen molar-refractivity contribution in [3.05, 3.63) is 35.9 Å². The quantitative estimate of drug-likeness (QED) is 0.554. The molecule has 1 aromatic rings. The molecule has 1 aromatic carbocycles. The summed E-state index contributed by atoms with van der Waals surface area (Å²) in [4.78, 5) is 21.0. The lowest BCUT2D eigenvalue weighted by Gasteiger charge is -2.16. The van der Waals surface area contributed by atoms with Crippen LogP contribution in [-0.2, 0) is 20.9 Å². The topological polar surface area (TPSA) is 95.9 Å². The zero-order valence-corrected chi connectivity index (χ0v) is 10.4. The molecule has 104 valence electrons. The third-order valence-corrected chi connectivity index (χ3v) is 2.50. The fraction of sp³-hybridized carbons (Fsp3) is 0.385. The van der Waals surface area contributed by atoms with Gasteiger partial charge in [0.05, 0.1) is 19.3 Å². The molecule has 0 aliphatic rings. The molecule has 1 amide bonds. The maximum Gasteiger partial charge on any atom is 0.326 e. The molecule has 6 heteroatoms. The molecule has 0 aliphatic heterocycles. The highest BCUT2D eigenvalue weighted by molar-refractivity contribution is 5.76.